The molecule has 62 valence electrons. The molecule has 0 fully saturated rings. The van der Waals surface area contributed by atoms with Gasteiger partial charge in [-0.3, -0.25) is 0 Å². The number of nitrogens with two attached hydrogens (primary N) is 1. The average molecular weight is 324 g/mol. The number of benzene rings is 1. The topological polar surface area (TPSA) is 66.8 Å². The van der Waals surface area contributed by atoms with Crippen LogP contribution in [-0.4, -0.2) is 12.6 Å². The number of hydrogen-bond acceptors (Lipinski definition) is 2. The van der Waals surface area contributed by atoms with E-state index in [1.165, 1.54) is 0 Å². The van der Waals surface area contributed by atoms with E-state index in [0.29, 0.717) is 11.4 Å². The van der Waals surface area contributed by atoms with Gasteiger partial charge in [0.1, 0.15) is 0 Å². The van der Waals surface area contributed by atoms with Crippen molar-refractivity contribution in [2.24, 2.45) is 0 Å². The van der Waals surface area contributed by atoms with E-state index in [0.717, 1.165) is 0 Å². The minimum Gasteiger partial charge on any atom is -0.552 e. The van der Waals surface area contributed by atoms with Crippen molar-refractivity contribution in [1.29, 1.82) is 0 Å². The molecule has 0 aliphatic rings. The Morgan fingerprint density at radius 1 is 1.55 bits per heavy atom. The summed E-state index contributed by atoms with van der Waals surface area (Å²) in [6.07, 6.45) is 0. The van der Waals surface area contributed by atoms with Gasteiger partial charge in [-0.1, -0.05) is 0 Å². The van der Waals surface area contributed by atoms with Crippen LogP contribution in [0.5, 0.6) is 5.75 Å². The first-order chi connectivity index (χ1) is 4.34. The number of ether oxygens (including phenoxy) is 1. The summed E-state index contributed by atoms with van der Waals surface area (Å²) in [6.45, 7) is 0. The van der Waals surface area contributed by atoms with E-state index in [1.54, 1.807) is 25.3 Å². The molecular formula is C7H10NO2W-. The van der Waals surface area contributed by atoms with Gasteiger partial charge in [0.15, 0.2) is 0 Å². The summed E-state index contributed by atoms with van der Waals surface area (Å²) in [6, 6.07) is 8.05. The second kappa shape index (κ2) is 6.20. The van der Waals surface area contributed by atoms with Crippen LogP contribution in [0.25, 0.3) is 0 Å². The maximum absolute atomic E-state index is 5.49. The van der Waals surface area contributed by atoms with Crippen molar-refractivity contribution in [3.8, 4) is 5.75 Å². The first kappa shape index (κ1) is 13.1. The molecule has 0 spiro atoms. The van der Waals surface area contributed by atoms with Crippen LogP contribution in [0.3, 0.4) is 0 Å². The van der Waals surface area contributed by atoms with Gasteiger partial charge in [-0.05, 0) is 5.69 Å². The van der Waals surface area contributed by atoms with Gasteiger partial charge in [0.05, 0.1) is 7.11 Å². The zero-order valence-corrected chi connectivity index (χ0v) is 9.06. The van der Waals surface area contributed by atoms with E-state index >= 15 is 0 Å². The van der Waals surface area contributed by atoms with Crippen LogP contribution in [0.15, 0.2) is 18.2 Å². The summed E-state index contributed by atoms with van der Waals surface area (Å²) in [7, 11) is 1.58. The van der Waals surface area contributed by atoms with E-state index < -0.39 is 0 Å². The predicted molar refractivity (Wildman–Crippen MR) is 39.9 cm³/mol. The molecule has 0 amide bonds. The average Bonchev–Trinajstić information content (AvgIpc) is 1.89. The number of hydrogen-bond donors (Lipinski definition) is 1. The Hall–Kier alpha value is -0.532. The van der Waals surface area contributed by atoms with Crippen molar-refractivity contribution in [2.75, 3.05) is 12.8 Å². The van der Waals surface area contributed by atoms with Gasteiger partial charge in [-0.25, -0.2) is 0 Å². The Bertz CT molecular complexity index is 205. The summed E-state index contributed by atoms with van der Waals surface area (Å²) in [5, 5.41) is 0. The minimum atomic E-state index is 0. The molecule has 3 nitrogen and oxygen atoms in total. The van der Waals surface area contributed by atoms with Gasteiger partial charge in [-0.15, -0.1) is 12.1 Å². The minimum absolute atomic E-state index is 0. The van der Waals surface area contributed by atoms with Crippen molar-refractivity contribution >= 4 is 5.69 Å². The largest absolute Gasteiger partial charge is 0.552 e. The first-order valence-corrected chi connectivity index (χ1v) is 2.64. The summed E-state index contributed by atoms with van der Waals surface area (Å²) in [5.74, 6) is 0.678. The van der Waals surface area contributed by atoms with Crippen molar-refractivity contribution in [2.45, 2.75) is 0 Å². The maximum atomic E-state index is 5.49. The quantitative estimate of drug-likeness (QED) is 0.594. The Labute approximate surface area is 80.1 Å². The molecule has 1 aromatic carbocycles. The molecule has 4 N–H and O–H groups in total. The molecule has 4 heteroatoms. The molecule has 0 saturated carbocycles. The molecule has 0 aliphatic carbocycles. The summed E-state index contributed by atoms with van der Waals surface area (Å²) >= 11 is 0. The van der Waals surface area contributed by atoms with Gasteiger partial charge in [0, 0.05) is 26.8 Å². The van der Waals surface area contributed by atoms with Gasteiger partial charge in [0.2, 0.25) is 0 Å². The molecule has 11 heavy (non-hydrogen) atoms. The van der Waals surface area contributed by atoms with E-state index in [1.807, 2.05) is 0 Å². The van der Waals surface area contributed by atoms with Crippen molar-refractivity contribution in [3.63, 3.8) is 0 Å². The third kappa shape index (κ3) is 3.40. The second-order valence-corrected chi connectivity index (χ2v) is 1.67. The molecule has 0 heterocycles. The van der Waals surface area contributed by atoms with Crippen LogP contribution >= 0.6 is 0 Å². The van der Waals surface area contributed by atoms with E-state index in [4.69, 9.17) is 10.5 Å². The molecule has 0 radical (unpaired) electrons. The molecule has 0 aromatic heterocycles. The zero-order chi connectivity index (χ0) is 6.69. The third-order valence-corrected chi connectivity index (χ3v) is 1.08. The monoisotopic (exact) mass is 324 g/mol. The van der Waals surface area contributed by atoms with Gasteiger partial charge < -0.3 is 15.9 Å². The molecule has 1 aromatic rings. The van der Waals surface area contributed by atoms with E-state index in [9.17, 15) is 0 Å². The number of rotatable bonds is 1. The van der Waals surface area contributed by atoms with Crippen LogP contribution in [0.4, 0.5) is 5.69 Å². The summed E-state index contributed by atoms with van der Waals surface area (Å²) in [5.41, 5.74) is 6.14. The smallest absolute Gasteiger partial charge is 0.0607 e. The maximum Gasteiger partial charge on any atom is 0.0607 e. The van der Waals surface area contributed by atoms with Crippen LogP contribution in [0.2, 0.25) is 0 Å². The Morgan fingerprint density at radius 2 is 2.18 bits per heavy atom. The Morgan fingerprint density at radius 3 is 2.55 bits per heavy atom. The Balaban J connectivity index is 0. The van der Waals surface area contributed by atoms with Gasteiger partial charge in [-0.2, -0.15) is 12.1 Å². The summed E-state index contributed by atoms with van der Waals surface area (Å²) in [4.78, 5) is 0. The molecular weight excluding hydrogens is 314 g/mol. The second-order valence-electron chi connectivity index (χ2n) is 1.67. The van der Waals surface area contributed by atoms with Crippen molar-refractivity contribution in [1.82, 2.24) is 0 Å². The molecule has 0 saturated heterocycles. The Kier molecular flexibility index (Phi) is 7.37. The summed E-state index contributed by atoms with van der Waals surface area (Å²) < 4.78 is 4.89. The molecule has 0 bridgehead atoms. The van der Waals surface area contributed by atoms with Crippen LogP contribution in [0, 0.1) is 6.07 Å². The van der Waals surface area contributed by atoms with Gasteiger partial charge in [0.25, 0.3) is 0 Å². The number of anilines is 1. The number of methoxy groups -OCH3 is 1. The van der Waals surface area contributed by atoms with Crippen LogP contribution < -0.4 is 10.5 Å². The van der Waals surface area contributed by atoms with Crippen LogP contribution in [-0.2, 0) is 21.1 Å². The zero-order valence-electron chi connectivity index (χ0n) is 6.13. The van der Waals surface area contributed by atoms with E-state index in [2.05, 4.69) is 6.07 Å². The van der Waals surface area contributed by atoms with Crippen LogP contribution in [0.1, 0.15) is 0 Å². The van der Waals surface area contributed by atoms with Crippen molar-refractivity contribution in [3.05, 3.63) is 24.3 Å². The third-order valence-electron chi connectivity index (χ3n) is 1.08. The fraction of sp³-hybridized carbons (Fsp3) is 0.143. The van der Waals surface area contributed by atoms with Gasteiger partial charge >= 0.3 is 0 Å². The molecule has 0 atom stereocenters. The number of nitrogen functional groups attached to an aromatic ring is 1. The van der Waals surface area contributed by atoms with E-state index in [-0.39, 0.29) is 26.5 Å². The molecule has 0 aliphatic heterocycles. The first-order valence-electron chi connectivity index (χ1n) is 2.64. The molecule has 0 unspecified atom stereocenters. The predicted octanol–water partition coefficient (Wildman–Crippen LogP) is 0.250. The SMILES string of the molecule is COc1c[c-]ccc1N.O.[W]. The van der Waals surface area contributed by atoms with Crippen molar-refractivity contribution < 1.29 is 31.3 Å². The normalized spacial score (nSPS) is 7.36. The standard InChI is InChI=1S/C7H8NO.H2O.W/c1-9-7-5-3-2-4-6(7)8;;/h2,4-5H,8H2,1H3;1H2;/q-1;;. The fourth-order valence-corrected chi connectivity index (χ4v) is 0.604. The molecule has 1 rings (SSSR count). The fourth-order valence-electron chi connectivity index (χ4n) is 0.604.